The average Bonchev–Trinajstić information content (AvgIpc) is 2.92. The molecule has 1 aliphatic rings. The van der Waals surface area contributed by atoms with Gasteiger partial charge >= 0.3 is 6.03 Å². The molecule has 0 fully saturated rings. The van der Waals surface area contributed by atoms with Crippen LogP contribution in [0.25, 0.3) is 0 Å². The summed E-state index contributed by atoms with van der Waals surface area (Å²) in [6.45, 7) is -0.111. The van der Waals surface area contributed by atoms with E-state index in [1.807, 2.05) is 12.1 Å². The number of hydrogen-bond donors (Lipinski definition) is 2. The first-order chi connectivity index (χ1) is 17.7. The highest BCUT2D eigenvalue weighted by atomic mass is 32.2. The van der Waals surface area contributed by atoms with Crippen molar-refractivity contribution in [3.63, 3.8) is 0 Å². The summed E-state index contributed by atoms with van der Waals surface area (Å²) in [5, 5.41) is 5.39. The molecule has 4 amide bonds. The Hall–Kier alpha value is -4.38. The molecule has 192 valence electrons. The number of fused-ring (bicyclic) bond motifs is 1. The van der Waals surface area contributed by atoms with Gasteiger partial charge in [0, 0.05) is 31.3 Å². The second-order valence-electron chi connectivity index (χ2n) is 8.25. The average molecular weight is 523 g/mol. The van der Waals surface area contributed by atoms with Gasteiger partial charge in [-0.2, -0.15) is 0 Å². The van der Waals surface area contributed by atoms with Crippen molar-refractivity contribution in [1.29, 1.82) is 0 Å². The zero-order valence-electron chi connectivity index (χ0n) is 20.3. The highest BCUT2D eigenvalue weighted by Crippen LogP contribution is 2.34. The number of carbonyl (C=O) groups excluding carboxylic acids is 3. The predicted molar refractivity (Wildman–Crippen MR) is 137 cm³/mol. The van der Waals surface area contributed by atoms with E-state index < -0.39 is 22.0 Å². The number of carbonyl (C=O) groups is 3. The standard InChI is InChI=1S/C26H26N4O6S/c1-29-22-13-10-20(25(32)28-17-18-8-11-21(36-2)12-9-18)16-23(22)37(34,35)30(26(29)33)15-14-27-24(31)19-6-4-3-5-7-19/h3-13,16H,14-15,17H2,1-2H3,(H,27,31)(H,28,32). The van der Waals surface area contributed by atoms with Gasteiger partial charge in [-0.25, -0.2) is 17.5 Å². The number of urea groups is 1. The highest BCUT2D eigenvalue weighted by molar-refractivity contribution is 7.90. The minimum absolute atomic E-state index is 0.0795. The number of nitrogens with one attached hydrogen (secondary N) is 2. The summed E-state index contributed by atoms with van der Waals surface area (Å²) in [6.07, 6.45) is 0. The number of hydrogen-bond acceptors (Lipinski definition) is 6. The number of benzene rings is 3. The zero-order valence-corrected chi connectivity index (χ0v) is 21.1. The van der Waals surface area contributed by atoms with E-state index in [4.69, 9.17) is 4.74 Å². The molecular formula is C26H26N4O6S. The van der Waals surface area contributed by atoms with E-state index in [0.717, 1.165) is 5.56 Å². The molecular weight excluding hydrogens is 496 g/mol. The summed E-state index contributed by atoms with van der Waals surface area (Å²) in [7, 11) is -1.24. The van der Waals surface area contributed by atoms with Crippen LogP contribution in [0.1, 0.15) is 26.3 Å². The van der Waals surface area contributed by atoms with Gasteiger partial charge in [0.15, 0.2) is 0 Å². The van der Waals surface area contributed by atoms with E-state index in [0.29, 0.717) is 15.6 Å². The summed E-state index contributed by atoms with van der Waals surface area (Å²) in [4.78, 5) is 38.9. The Kier molecular flexibility index (Phi) is 7.44. The Balaban J connectivity index is 1.48. The lowest BCUT2D eigenvalue weighted by molar-refractivity contribution is 0.0943. The van der Waals surface area contributed by atoms with Gasteiger partial charge in [-0.1, -0.05) is 30.3 Å². The van der Waals surface area contributed by atoms with Gasteiger partial charge in [0.2, 0.25) is 0 Å². The van der Waals surface area contributed by atoms with Crippen molar-refractivity contribution in [2.24, 2.45) is 0 Å². The fraction of sp³-hybridized carbons (Fsp3) is 0.192. The van der Waals surface area contributed by atoms with E-state index in [9.17, 15) is 22.8 Å². The Bertz CT molecular complexity index is 1430. The van der Waals surface area contributed by atoms with Crippen LogP contribution in [0.2, 0.25) is 0 Å². The Morgan fingerprint density at radius 3 is 2.24 bits per heavy atom. The molecule has 3 aromatic rings. The van der Waals surface area contributed by atoms with Crippen LogP contribution in [-0.4, -0.2) is 57.8 Å². The van der Waals surface area contributed by atoms with Crippen LogP contribution in [0.5, 0.6) is 5.75 Å². The highest BCUT2D eigenvalue weighted by Gasteiger charge is 2.40. The fourth-order valence-electron chi connectivity index (χ4n) is 3.84. The lowest BCUT2D eigenvalue weighted by Crippen LogP contribution is -2.51. The minimum Gasteiger partial charge on any atom is -0.497 e. The molecule has 2 N–H and O–H groups in total. The van der Waals surface area contributed by atoms with Crippen LogP contribution in [-0.2, 0) is 16.6 Å². The van der Waals surface area contributed by atoms with E-state index in [1.165, 1.54) is 30.1 Å². The van der Waals surface area contributed by atoms with Gasteiger partial charge in [-0.15, -0.1) is 0 Å². The third-order valence-corrected chi connectivity index (χ3v) is 7.70. The number of rotatable bonds is 8. The number of methoxy groups -OCH3 is 1. The summed E-state index contributed by atoms with van der Waals surface area (Å²) >= 11 is 0. The molecule has 0 saturated heterocycles. The first-order valence-electron chi connectivity index (χ1n) is 11.4. The quantitative estimate of drug-likeness (QED) is 0.469. The van der Waals surface area contributed by atoms with Gasteiger partial charge in [-0.3, -0.25) is 14.5 Å². The van der Waals surface area contributed by atoms with E-state index in [2.05, 4.69) is 10.6 Å². The monoisotopic (exact) mass is 522 g/mol. The smallest absolute Gasteiger partial charge is 0.338 e. The molecule has 37 heavy (non-hydrogen) atoms. The maximum atomic E-state index is 13.3. The third-order valence-electron chi connectivity index (χ3n) is 5.90. The molecule has 11 heteroatoms. The van der Waals surface area contributed by atoms with Crippen LogP contribution < -0.4 is 20.3 Å². The van der Waals surface area contributed by atoms with Gasteiger partial charge < -0.3 is 15.4 Å². The van der Waals surface area contributed by atoms with Crippen molar-refractivity contribution in [3.05, 3.63) is 89.5 Å². The molecule has 4 rings (SSSR count). The molecule has 0 saturated carbocycles. The van der Waals surface area contributed by atoms with Crippen LogP contribution in [0.4, 0.5) is 10.5 Å². The van der Waals surface area contributed by atoms with Gasteiger partial charge in [-0.05, 0) is 48.0 Å². The maximum Gasteiger partial charge on any atom is 0.338 e. The lowest BCUT2D eigenvalue weighted by Gasteiger charge is -2.34. The lowest BCUT2D eigenvalue weighted by atomic mass is 10.1. The number of nitrogens with zero attached hydrogens (tertiary/aromatic N) is 2. The topological polar surface area (TPSA) is 125 Å². The molecule has 1 aliphatic heterocycles. The Labute approximate surface area is 214 Å². The van der Waals surface area contributed by atoms with Crippen LogP contribution >= 0.6 is 0 Å². The van der Waals surface area contributed by atoms with E-state index >= 15 is 0 Å². The molecule has 1 heterocycles. The van der Waals surface area contributed by atoms with Crippen molar-refractivity contribution < 1.29 is 27.5 Å². The maximum absolute atomic E-state index is 13.3. The molecule has 0 radical (unpaired) electrons. The summed E-state index contributed by atoms with van der Waals surface area (Å²) in [5.74, 6) is -0.153. The Morgan fingerprint density at radius 2 is 1.57 bits per heavy atom. The van der Waals surface area contributed by atoms with Gasteiger partial charge in [0.25, 0.3) is 21.8 Å². The van der Waals surface area contributed by atoms with Crippen molar-refractivity contribution >= 4 is 33.6 Å². The number of ether oxygens (including phenoxy) is 1. The predicted octanol–water partition coefficient (Wildman–Crippen LogP) is 2.62. The molecule has 0 unspecified atom stereocenters. The molecule has 0 bridgehead atoms. The van der Waals surface area contributed by atoms with Crippen LogP contribution in [0, 0.1) is 0 Å². The number of sulfonamides is 1. The summed E-state index contributed by atoms with van der Waals surface area (Å²) in [6, 6.07) is 19.0. The van der Waals surface area contributed by atoms with Crippen molar-refractivity contribution in [2.45, 2.75) is 11.4 Å². The second-order valence-corrected chi connectivity index (χ2v) is 10.1. The molecule has 0 aliphatic carbocycles. The molecule has 3 aromatic carbocycles. The molecule has 0 atom stereocenters. The van der Waals surface area contributed by atoms with E-state index in [1.54, 1.807) is 49.6 Å². The molecule has 0 aromatic heterocycles. The third kappa shape index (κ3) is 5.41. The minimum atomic E-state index is -4.26. The largest absolute Gasteiger partial charge is 0.497 e. The van der Waals surface area contributed by atoms with Crippen LogP contribution in [0.3, 0.4) is 0 Å². The molecule has 0 spiro atoms. The first-order valence-corrected chi connectivity index (χ1v) is 12.8. The second kappa shape index (κ2) is 10.7. The van der Waals surface area contributed by atoms with Crippen molar-refractivity contribution in [1.82, 2.24) is 14.9 Å². The normalized spacial score (nSPS) is 14.1. The number of amides is 4. The fourth-order valence-corrected chi connectivity index (χ4v) is 5.48. The van der Waals surface area contributed by atoms with Gasteiger partial charge in [0.1, 0.15) is 10.6 Å². The van der Waals surface area contributed by atoms with Crippen LogP contribution in [0.15, 0.2) is 77.7 Å². The SMILES string of the molecule is COc1ccc(CNC(=O)c2ccc3c(c2)S(=O)(=O)N(CCNC(=O)c2ccccc2)C(=O)N3C)cc1. The first kappa shape index (κ1) is 25.7. The molecule has 10 nitrogen and oxygen atoms in total. The number of anilines is 1. The summed E-state index contributed by atoms with van der Waals surface area (Å²) in [5.41, 5.74) is 1.56. The zero-order chi connectivity index (χ0) is 26.6. The van der Waals surface area contributed by atoms with E-state index in [-0.39, 0.29) is 41.7 Å². The van der Waals surface area contributed by atoms with Gasteiger partial charge in [0.05, 0.1) is 19.3 Å². The van der Waals surface area contributed by atoms with Crippen molar-refractivity contribution in [3.8, 4) is 5.75 Å². The summed E-state index contributed by atoms with van der Waals surface area (Å²) < 4.78 is 32.5. The Morgan fingerprint density at radius 1 is 0.892 bits per heavy atom. The van der Waals surface area contributed by atoms with Crippen molar-refractivity contribution in [2.75, 3.05) is 32.1 Å².